The lowest BCUT2D eigenvalue weighted by Gasteiger charge is -2.30. The lowest BCUT2D eigenvalue weighted by atomic mass is 9.71. The van der Waals surface area contributed by atoms with E-state index in [2.05, 4.69) is 0 Å². The molecule has 0 bridgehead atoms. The van der Waals surface area contributed by atoms with Gasteiger partial charge >= 0.3 is 11.9 Å². The highest BCUT2D eigenvalue weighted by atomic mass is 16.4. The molecule has 15 heavy (non-hydrogen) atoms. The van der Waals surface area contributed by atoms with Crippen molar-refractivity contribution in [1.29, 1.82) is 0 Å². The van der Waals surface area contributed by atoms with Crippen molar-refractivity contribution in [2.75, 3.05) is 0 Å². The fraction of sp³-hybridized carbons (Fsp3) is 0.700. The number of Topliss-reactive ketones (excluding diaryl/α,β-unsaturated/α-hetero) is 1. The van der Waals surface area contributed by atoms with Crippen molar-refractivity contribution in [2.45, 2.75) is 33.6 Å². The summed E-state index contributed by atoms with van der Waals surface area (Å²) >= 11 is 0. The van der Waals surface area contributed by atoms with Crippen molar-refractivity contribution in [2.24, 2.45) is 11.3 Å². The summed E-state index contributed by atoms with van der Waals surface area (Å²) in [4.78, 5) is 32.7. The maximum absolute atomic E-state index is 11.1. The Bertz CT molecular complexity index is 264. The van der Waals surface area contributed by atoms with Crippen molar-refractivity contribution in [3.05, 3.63) is 0 Å². The zero-order chi connectivity index (χ0) is 12.2. The summed E-state index contributed by atoms with van der Waals surface area (Å²) in [6.45, 7) is 4.49. The predicted octanol–water partition coefficient (Wildman–Crippen LogP) is 1.17. The topological polar surface area (TPSA) is 91.7 Å². The molecular weight excluding hydrogens is 200 g/mol. The third kappa shape index (κ3) is 3.34. The molecule has 0 aliphatic heterocycles. The van der Waals surface area contributed by atoms with Gasteiger partial charge in [-0.2, -0.15) is 0 Å². The first kappa shape index (κ1) is 13.6. The first-order chi connectivity index (χ1) is 6.72. The molecule has 5 nitrogen and oxygen atoms in total. The van der Waals surface area contributed by atoms with Crippen LogP contribution < -0.4 is 0 Å². The maximum atomic E-state index is 11.1. The van der Waals surface area contributed by atoms with E-state index in [-0.39, 0.29) is 12.2 Å². The van der Waals surface area contributed by atoms with E-state index >= 15 is 0 Å². The summed E-state index contributed by atoms with van der Waals surface area (Å²) in [6, 6.07) is 0. The minimum atomic E-state index is -1.49. The summed E-state index contributed by atoms with van der Waals surface area (Å²) < 4.78 is 0. The van der Waals surface area contributed by atoms with Gasteiger partial charge in [0.25, 0.3) is 0 Å². The second kappa shape index (κ2) is 4.91. The molecule has 1 atom stereocenters. The third-order valence-corrected chi connectivity index (χ3v) is 2.56. The number of aliphatic carboxylic acids is 2. The molecule has 2 N–H and O–H groups in total. The standard InChI is InChI=1S/C10H16O5/c1-6(2)10(9(14)15,4-7(3)11)5-8(12)13/h6H,4-5H2,1-3H3,(H,12,13)(H,14,15). The Morgan fingerprint density at radius 3 is 1.80 bits per heavy atom. The van der Waals surface area contributed by atoms with Crippen LogP contribution in [-0.4, -0.2) is 27.9 Å². The summed E-state index contributed by atoms with van der Waals surface area (Å²) in [5, 5.41) is 17.8. The molecule has 0 radical (unpaired) electrons. The number of hydrogen-bond donors (Lipinski definition) is 2. The van der Waals surface area contributed by atoms with Gasteiger partial charge in [0, 0.05) is 6.42 Å². The molecule has 0 saturated carbocycles. The van der Waals surface area contributed by atoms with Gasteiger partial charge in [-0.15, -0.1) is 0 Å². The molecule has 1 unspecified atom stereocenters. The van der Waals surface area contributed by atoms with E-state index < -0.39 is 29.7 Å². The molecule has 0 aromatic carbocycles. The molecule has 0 spiro atoms. The third-order valence-electron chi connectivity index (χ3n) is 2.56. The first-order valence-corrected chi connectivity index (χ1v) is 4.67. The fourth-order valence-electron chi connectivity index (χ4n) is 1.58. The SMILES string of the molecule is CC(=O)CC(CC(=O)O)(C(=O)O)C(C)C. The number of carbonyl (C=O) groups excluding carboxylic acids is 1. The molecule has 0 aromatic heterocycles. The largest absolute Gasteiger partial charge is 0.481 e. The average Bonchev–Trinajstić information content (AvgIpc) is 1.99. The normalized spacial score (nSPS) is 14.7. The number of rotatable bonds is 6. The van der Waals surface area contributed by atoms with Gasteiger partial charge in [0.05, 0.1) is 11.8 Å². The van der Waals surface area contributed by atoms with Crippen LogP contribution in [0.2, 0.25) is 0 Å². The Balaban J connectivity index is 5.16. The number of carboxylic acids is 2. The summed E-state index contributed by atoms with van der Waals surface area (Å²) in [7, 11) is 0. The minimum absolute atomic E-state index is 0.244. The first-order valence-electron chi connectivity index (χ1n) is 4.67. The van der Waals surface area contributed by atoms with Crippen LogP contribution in [0.4, 0.5) is 0 Å². The molecule has 0 heterocycles. The van der Waals surface area contributed by atoms with E-state index in [1.54, 1.807) is 13.8 Å². The molecule has 0 saturated heterocycles. The smallest absolute Gasteiger partial charge is 0.310 e. The number of carbonyl (C=O) groups is 3. The van der Waals surface area contributed by atoms with Gasteiger partial charge < -0.3 is 10.2 Å². The van der Waals surface area contributed by atoms with Crippen LogP contribution >= 0.6 is 0 Å². The van der Waals surface area contributed by atoms with Crippen LogP contribution in [0.15, 0.2) is 0 Å². The van der Waals surface area contributed by atoms with E-state index in [1.165, 1.54) is 6.92 Å². The van der Waals surface area contributed by atoms with Crippen LogP contribution in [0.3, 0.4) is 0 Å². The molecular formula is C10H16O5. The highest BCUT2D eigenvalue weighted by Gasteiger charge is 2.44. The highest BCUT2D eigenvalue weighted by molar-refractivity contribution is 5.88. The minimum Gasteiger partial charge on any atom is -0.481 e. The van der Waals surface area contributed by atoms with Crippen LogP contribution in [-0.2, 0) is 14.4 Å². The zero-order valence-electron chi connectivity index (χ0n) is 9.11. The van der Waals surface area contributed by atoms with Crippen LogP contribution in [0.5, 0.6) is 0 Å². The molecule has 5 heteroatoms. The quantitative estimate of drug-likeness (QED) is 0.695. The van der Waals surface area contributed by atoms with E-state index in [9.17, 15) is 14.4 Å². The zero-order valence-corrected chi connectivity index (χ0v) is 9.11. The summed E-state index contributed by atoms with van der Waals surface area (Å²) in [5.41, 5.74) is -1.49. The fourth-order valence-corrected chi connectivity index (χ4v) is 1.58. The van der Waals surface area contributed by atoms with Gasteiger partial charge in [0.15, 0.2) is 0 Å². The molecule has 0 amide bonds. The van der Waals surface area contributed by atoms with Gasteiger partial charge in [-0.1, -0.05) is 13.8 Å². The summed E-state index contributed by atoms with van der Waals surface area (Å²) in [5.74, 6) is -3.15. The Labute approximate surface area is 88.1 Å². The van der Waals surface area contributed by atoms with Crippen molar-refractivity contribution in [1.82, 2.24) is 0 Å². The molecule has 0 rings (SSSR count). The Morgan fingerprint density at radius 1 is 1.13 bits per heavy atom. The van der Waals surface area contributed by atoms with E-state index in [4.69, 9.17) is 10.2 Å². The maximum Gasteiger partial charge on any atom is 0.310 e. The second-order valence-corrected chi connectivity index (χ2v) is 4.07. The lowest BCUT2D eigenvalue weighted by molar-refractivity contribution is -0.160. The van der Waals surface area contributed by atoms with Crippen molar-refractivity contribution < 1.29 is 24.6 Å². The van der Waals surface area contributed by atoms with E-state index in [0.29, 0.717) is 0 Å². The number of ketones is 1. The summed E-state index contributed by atoms with van der Waals surface area (Å²) in [6.07, 6.45) is -0.772. The predicted molar refractivity (Wildman–Crippen MR) is 52.5 cm³/mol. The molecule has 0 aromatic rings. The Morgan fingerprint density at radius 2 is 1.60 bits per heavy atom. The van der Waals surface area contributed by atoms with Gasteiger partial charge in [-0.05, 0) is 12.8 Å². The molecule has 0 aliphatic carbocycles. The number of carboxylic acid groups (broad SMARTS) is 2. The lowest BCUT2D eigenvalue weighted by Crippen LogP contribution is -2.40. The van der Waals surface area contributed by atoms with Gasteiger partial charge in [0.1, 0.15) is 5.78 Å². The highest BCUT2D eigenvalue weighted by Crippen LogP contribution is 2.36. The molecule has 86 valence electrons. The number of hydrogen-bond acceptors (Lipinski definition) is 3. The van der Waals surface area contributed by atoms with Crippen molar-refractivity contribution in [3.63, 3.8) is 0 Å². The average molecular weight is 216 g/mol. The van der Waals surface area contributed by atoms with Gasteiger partial charge in [-0.25, -0.2) is 0 Å². The van der Waals surface area contributed by atoms with Gasteiger partial charge in [0.2, 0.25) is 0 Å². The van der Waals surface area contributed by atoms with Crippen molar-refractivity contribution >= 4 is 17.7 Å². The van der Waals surface area contributed by atoms with Crippen LogP contribution in [0, 0.1) is 11.3 Å². The van der Waals surface area contributed by atoms with Crippen LogP contribution in [0.1, 0.15) is 33.6 Å². The second-order valence-electron chi connectivity index (χ2n) is 4.07. The van der Waals surface area contributed by atoms with E-state index in [0.717, 1.165) is 0 Å². The Kier molecular flexibility index (Phi) is 4.45. The molecule has 0 aliphatic rings. The van der Waals surface area contributed by atoms with Crippen LogP contribution in [0.25, 0.3) is 0 Å². The monoisotopic (exact) mass is 216 g/mol. The van der Waals surface area contributed by atoms with Crippen molar-refractivity contribution in [3.8, 4) is 0 Å². The Hall–Kier alpha value is -1.39. The molecule has 0 fully saturated rings. The van der Waals surface area contributed by atoms with E-state index in [1.807, 2.05) is 0 Å². The van der Waals surface area contributed by atoms with Gasteiger partial charge in [-0.3, -0.25) is 14.4 Å².